The summed E-state index contributed by atoms with van der Waals surface area (Å²) in [6, 6.07) is 0. The van der Waals surface area contributed by atoms with E-state index in [9.17, 15) is 4.79 Å². The van der Waals surface area contributed by atoms with E-state index in [1.54, 1.807) is 0 Å². The summed E-state index contributed by atoms with van der Waals surface area (Å²) in [5, 5.41) is 3.34. The largest absolute Gasteiger partial charge is 0.468 e. The van der Waals surface area contributed by atoms with Crippen molar-refractivity contribution >= 4 is 5.97 Å². The number of hydrogen-bond donors (Lipinski definition) is 1. The molecule has 0 aliphatic carbocycles. The van der Waals surface area contributed by atoms with Crippen molar-refractivity contribution < 1.29 is 9.53 Å². The highest BCUT2D eigenvalue weighted by molar-refractivity contribution is 5.80. The first-order valence-electron chi connectivity index (χ1n) is 8.09. The van der Waals surface area contributed by atoms with Crippen LogP contribution in [0, 0.1) is 0 Å². The third-order valence-corrected chi connectivity index (χ3v) is 3.63. The average molecular weight is 286 g/mol. The molecule has 0 aromatic heterocycles. The highest BCUT2D eigenvalue weighted by Crippen LogP contribution is 2.15. The van der Waals surface area contributed by atoms with Gasteiger partial charge in [-0.1, -0.05) is 20.8 Å². The highest BCUT2D eigenvalue weighted by atomic mass is 16.5. The molecular formula is C16H34N2O2. The fraction of sp³-hybridized carbons (Fsp3) is 0.938. The summed E-state index contributed by atoms with van der Waals surface area (Å²) in [6.45, 7) is 12.7. The minimum Gasteiger partial charge on any atom is -0.468 e. The monoisotopic (exact) mass is 286 g/mol. The Hall–Kier alpha value is -0.610. The average Bonchev–Trinajstić information content (AvgIpc) is 2.44. The first kappa shape index (κ1) is 19.4. The van der Waals surface area contributed by atoms with E-state index in [2.05, 4.69) is 31.0 Å². The van der Waals surface area contributed by atoms with Crippen LogP contribution >= 0.6 is 0 Å². The number of hydrogen-bond acceptors (Lipinski definition) is 4. The van der Waals surface area contributed by atoms with Gasteiger partial charge in [0.25, 0.3) is 0 Å². The Morgan fingerprint density at radius 3 is 2.15 bits per heavy atom. The van der Waals surface area contributed by atoms with Crippen LogP contribution in [0.2, 0.25) is 0 Å². The second kappa shape index (κ2) is 11.1. The van der Waals surface area contributed by atoms with Gasteiger partial charge in [-0.3, -0.25) is 4.79 Å². The molecule has 4 nitrogen and oxygen atoms in total. The Labute approximate surface area is 125 Å². The third kappa shape index (κ3) is 7.25. The van der Waals surface area contributed by atoms with Gasteiger partial charge in [-0.05, 0) is 65.2 Å². The van der Waals surface area contributed by atoms with Crippen LogP contribution in [0.1, 0.15) is 59.8 Å². The van der Waals surface area contributed by atoms with Crippen LogP contribution in [0.5, 0.6) is 0 Å². The van der Waals surface area contributed by atoms with Crippen LogP contribution in [0.3, 0.4) is 0 Å². The van der Waals surface area contributed by atoms with Crippen LogP contribution in [-0.4, -0.2) is 49.7 Å². The molecule has 0 aromatic rings. The van der Waals surface area contributed by atoms with Crippen molar-refractivity contribution in [3.8, 4) is 0 Å². The minimum atomic E-state index is -0.547. The van der Waals surface area contributed by atoms with E-state index in [0.717, 1.165) is 45.4 Å². The van der Waals surface area contributed by atoms with Gasteiger partial charge in [-0.15, -0.1) is 0 Å². The Bertz CT molecular complexity index is 253. The van der Waals surface area contributed by atoms with E-state index in [0.29, 0.717) is 0 Å². The zero-order valence-corrected chi connectivity index (χ0v) is 14.1. The predicted molar refractivity (Wildman–Crippen MR) is 85.0 cm³/mol. The summed E-state index contributed by atoms with van der Waals surface area (Å²) < 4.78 is 4.95. The van der Waals surface area contributed by atoms with Gasteiger partial charge in [0.15, 0.2) is 0 Å². The van der Waals surface area contributed by atoms with Crippen LogP contribution in [-0.2, 0) is 9.53 Å². The molecule has 0 rings (SSSR count). The Morgan fingerprint density at radius 2 is 1.70 bits per heavy atom. The lowest BCUT2D eigenvalue weighted by atomic mass is 9.95. The SMILES string of the molecule is CCCNC(C)(CCCN(CCC)CCC)C(=O)OC. The maximum atomic E-state index is 12.0. The molecule has 1 atom stereocenters. The van der Waals surface area contributed by atoms with Gasteiger partial charge in [0.2, 0.25) is 0 Å². The second-order valence-electron chi connectivity index (χ2n) is 5.70. The molecule has 0 amide bonds. The molecule has 0 bridgehead atoms. The lowest BCUT2D eigenvalue weighted by Crippen LogP contribution is -2.50. The van der Waals surface area contributed by atoms with E-state index < -0.39 is 5.54 Å². The fourth-order valence-electron chi connectivity index (χ4n) is 2.51. The summed E-state index contributed by atoms with van der Waals surface area (Å²) in [6.07, 6.45) is 5.22. The van der Waals surface area contributed by atoms with E-state index in [1.165, 1.54) is 20.0 Å². The Balaban J connectivity index is 4.33. The zero-order chi connectivity index (χ0) is 15.4. The number of ether oxygens (including phenoxy) is 1. The number of esters is 1. The lowest BCUT2D eigenvalue weighted by molar-refractivity contribution is -0.148. The van der Waals surface area contributed by atoms with Gasteiger partial charge in [-0.2, -0.15) is 0 Å². The van der Waals surface area contributed by atoms with Crippen molar-refractivity contribution in [3.63, 3.8) is 0 Å². The summed E-state index contributed by atoms with van der Waals surface area (Å²) in [5.41, 5.74) is -0.547. The normalized spacial score (nSPS) is 14.3. The molecule has 0 heterocycles. The smallest absolute Gasteiger partial charge is 0.325 e. The van der Waals surface area contributed by atoms with Gasteiger partial charge in [-0.25, -0.2) is 0 Å². The van der Waals surface area contributed by atoms with Crippen LogP contribution < -0.4 is 5.32 Å². The van der Waals surface area contributed by atoms with Crippen LogP contribution in [0.25, 0.3) is 0 Å². The lowest BCUT2D eigenvalue weighted by Gasteiger charge is -2.29. The molecule has 0 saturated heterocycles. The molecule has 0 aromatic carbocycles. The van der Waals surface area contributed by atoms with Crippen LogP contribution in [0.15, 0.2) is 0 Å². The minimum absolute atomic E-state index is 0.150. The molecule has 20 heavy (non-hydrogen) atoms. The van der Waals surface area contributed by atoms with Crippen molar-refractivity contribution in [2.24, 2.45) is 0 Å². The number of carbonyl (C=O) groups is 1. The topological polar surface area (TPSA) is 41.6 Å². The van der Waals surface area contributed by atoms with E-state index in [-0.39, 0.29) is 5.97 Å². The van der Waals surface area contributed by atoms with Crippen LogP contribution in [0.4, 0.5) is 0 Å². The molecule has 0 spiro atoms. The quantitative estimate of drug-likeness (QED) is 0.560. The Morgan fingerprint density at radius 1 is 1.10 bits per heavy atom. The summed E-state index contributed by atoms with van der Waals surface area (Å²) in [5.74, 6) is -0.150. The van der Waals surface area contributed by atoms with Crippen molar-refractivity contribution in [1.82, 2.24) is 10.2 Å². The molecule has 0 aliphatic rings. The maximum absolute atomic E-state index is 12.0. The molecular weight excluding hydrogens is 252 g/mol. The first-order chi connectivity index (χ1) is 9.53. The van der Waals surface area contributed by atoms with Crippen molar-refractivity contribution in [1.29, 1.82) is 0 Å². The van der Waals surface area contributed by atoms with Gasteiger partial charge >= 0.3 is 5.97 Å². The molecule has 1 N–H and O–H groups in total. The zero-order valence-electron chi connectivity index (χ0n) is 14.1. The van der Waals surface area contributed by atoms with E-state index in [1.807, 2.05) is 6.92 Å². The molecule has 120 valence electrons. The summed E-state index contributed by atoms with van der Waals surface area (Å²) in [4.78, 5) is 14.5. The molecule has 0 aliphatic heterocycles. The van der Waals surface area contributed by atoms with Crippen molar-refractivity contribution in [2.75, 3.05) is 33.3 Å². The second-order valence-corrected chi connectivity index (χ2v) is 5.70. The fourth-order valence-corrected chi connectivity index (χ4v) is 2.51. The molecule has 0 fully saturated rings. The number of methoxy groups -OCH3 is 1. The van der Waals surface area contributed by atoms with E-state index in [4.69, 9.17) is 4.74 Å². The molecule has 0 saturated carbocycles. The van der Waals surface area contributed by atoms with Crippen molar-refractivity contribution in [3.05, 3.63) is 0 Å². The maximum Gasteiger partial charge on any atom is 0.325 e. The van der Waals surface area contributed by atoms with Gasteiger partial charge in [0.1, 0.15) is 5.54 Å². The number of rotatable bonds is 12. The number of nitrogens with one attached hydrogen (secondary N) is 1. The number of nitrogens with zero attached hydrogens (tertiary/aromatic N) is 1. The van der Waals surface area contributed by atoms with Gasteiger partial charge < -0.3 is 15.0 Å². The van der Waals surface area contributed by atoms with Crippen molar-refractivity contribution in [2.45, 2.75) is 65.3 Å². The molecule has 0 radical (unpaired) electrons. The summed E-state index contributed by atoms with van der Waals surface area (Å²) >= 11 is 0. The third-order valence-electron chi connectivity index (χ3n) is 3.63. The number of carbonyl (C=O) groups excluding carboxylic acids is 1. The van der Waals surface area contributed by atoms with E-state index >= 15 is 0 Å². The highest BCUT2D eigenvalue weighted by Gasteiger charge is 2.32. The predicted octanol–water partition coefficient (Wildman–Crippen LogP) is 2.82. The van der Waals surface area contributed by atoms with Gasteiger partial charge in [0, 0.05) is 0 Å². The first-order valence-corrected chi connectivity index (χ1v) is 8.09. The molecule has 4 heteroatoms. The standard InChI is InChI=1S/C16H34N2O2/c1-6-11-17-16(4,15(19)20-5)10-9-14-18(12-7-2)13-8-3/h17H,6-14H2,1-5H3. The summed E-state index contributed by atoms with van der Waals surface area (Å²) in [7, 11) is 1.47. The molecule has 1 unspecified atom stereocenters. The van der Waals surface area contributed by atoms with Gasteiger partial charge in [0.05, 0.1) is 7.11 Å². The Kier molecular flexibility index (Phi) is 10.8.